The Kier molecular flexibility index (Phi) is 33.1. The van der Waals surface area contributed by atoms with Crippen LogP contribution >= 0.6 is 0 Å². The second kappa shape index (κ2) is 39.2. The normalized spacial score (nSPS) is 43.4. The molecule has 93 heavy (non-hydrogen) atoms. The second-order valence-electron chi connectivity index (χ2n) is 23.0. The van der Waals surface area contributed by atoms with Crippen molar-refractivity contribution in [1.29, 1.82) is 0 Å². The van der Waals surface area contributed by atoms with Gasteiger partial charge in [-0.1, -0.05) is 0 Å². The molecule has 7 heterocycles. The van der Waals surface area contributed by atoms with E-state index in [1.54, 1.807) is 28.4 Å². The summed E-state index contributed by atoms with van der Waals surface area (Å²) in [5.74, 6) is 0.236. The minimum Gasteiger partial charge on any atom is -0.466 e. The third-order valence-electron chi connectivity index (χ3n) is 17.9. The van der Waals surface area contributed by atoms with Crippen molar-refractivity contribution in [3.63, 3.8) is 0 Å². The van der Waals surface area contributed by atoms with Crippen LogP contribution in [0.15, 0.2) is 12.0 Å². The number of hydrogen-bond acceptors (Lipinski definition) is 33. The molecule has 1 N–H and O–H groups in total. The summed E-state index contributed by atoms with van der Waals surface area (Å²) in [7, 11) is 28.8. The van der Waals surface area contributed by atoms with Crippen molar-refractivity contribution in [2.75, 3.05) is 181 Å². The van der Waals surface area contributed by atoms with E-state index in [0.717, 1.165) is 0 Å². The number of aliphatic hydroxyl groups excluding tert-OH is 1. The maximum atomic E-state index is 11.1. The first-order chi connectivity index (χ1) is 45.2. The topological polar surface area (TPSA) is 316 Å². The van der Waals surface area contributed by atoms with Crippen LogP contribution in [-0.4, -0.2) is 377 Å². The Morgan fingerprint density at radius 1 is 0.312 bits per heavy atom. The van der Waals surface area contributed by atoms with Gasteiger partial charge in [-0.25, -0.2) is 0 Å². The Hall–Kier alpha value is -1.90. The third-order valence-corrected chi connectivity index (χ3v) is 17.9. The van der Waals surface area contributed by atoms with E-state index in [0.29, 0.717) is 0 Å². The molecule has 6 fully saturated rings. The molecule has 0 bridgehead atoms. The van der Waals surface area contributed by atoms with Gasteiger partial charge in [0.15, 0.2) is 37.0 Å². The molecule has 0 aromatic carbocycles. The minimum atomic E-state index is -1.19. The van der Waals surface area contributed by atoms with Crippen LogP contribution < -0.4 is 0 Å². The third kappa shape index (κ3) is 18.2. The Morgan fingerprint density at radius 3 is 1.08 bits per heavy atom. The molecule has 6 saturated heterocycles. The average molecular weight is 1360 g/mol. The highest BCUT2D eigenvalue weighted by atomic mass is 16.8. The van der Waals surface area contributed by atoms with Gasteiger partial charge in [-0.2, -0.15) is 0 Å². The van der Waals surface area contributed by atoms with Crippen LogP contribution in [0.25, 0.3) is 0 Å². The van der Waals surface area contributed by atoms with E-state index in [1.165, 1.54) is 113 Å². The quantitative estimate of drug-likeness (QED) is 0.0778. The van der Waals surface area contributed by atoms with Gasteiger partial charge < -0.3 is 157 Å². The number of hydrogen-bond donors (Lipinski definition) is 1. The first-order valence-electron chi connectivity index (χ1n) is 30.9. The van der Waals surface area contributed by atoms with Crippen LogP contribution in [0.1, 0.15) is 6.42 Å². The number of methoxy groups -OCH3 is 19. The molecule has 0 radical (unpaired) electrons. The molecule has 33 heteroatoms. The Morgan fingerprint density at radius 2 is 0.667 bits per heavy atom. The molecule has 0 aromatic rings. The molecule has 31 atom stereocenters. The van der Waals surface area contributed by atoms with E-state index < -0.39 is 190 Å². The molecule has 544 valence electrons. The van der Waals surface area contributed by atoms with E-state index in [-0.39, 0.29) is 58.4 Å². The summed E-state index contributed by atoms with van der Waals surface area (Å²) in [4.78, 5) is 0. The molecule has 0 saturated carbocycles. The zero-order chi connectivity index (χ0) is 67.5. The molecular weight excluding hydrogens is 1250 g/mol. The lowest BCUT2D eigenvalue weighted by Gasteiger charge is -2.52. The lowest BCUT2D eigenvalue weighted by molar-refractivity contribution is -0.397. The Labute approximate surface area is 545 Å². The van der Waals surface area contributed by atoms with E-state index in [1.807, 2.05) is 0 Å². The highest BCUT2D eigenvalue weighted by Gasteiger charge is 2.59. The van der Waals surface area contributed by atoms with E-state index in [2.05, 4.69) is 0 Å². The zero-order valence-electron chi connectivity index (χ0n) is 57.1. The van der Waals surface area contributed by atoms with Crippen LogP contribution in [0.5, 0.6) is 0 Å². The van der Waals surface area contributed by atoms with Crippen molar-refractivity contribution < 1.29 is 157 Å². The SMILES string of the molecule is COCC1O[C@H](O[C@@H]2C(COC)O[C@@H](O[C@@H]3C(COC)O[C@H](O[C@@H]4C(COC)O[C@@H](O[C@H]5CC(OC)[C@@H](OC6=CO[C@@H](O[C@@H]7C(COC)OCC(OC)C7OC)C(OC)C6OC)OC5COC)C(OC)C4OC)C(OC)C3OC)C(OC)C2OC)C(OC)C(OC)[C@@H]1O. The fourth-order valence-electron chi connectivity index (χ4n) is 13.3. The number of rotatable bonds is 37. The second-order valence-corrected chi connectivity index (χ2v) is 23.0. The standard InChI is InChI=1S/C60H106O33/c1-62-21-31-29(20-30(68-7)55(84-31)86-38-28-82-56(50(76-15)41(38)71-10)90-42-34(23-64-3)81-27-33(69-8)40(42)70-9)83-57-52(78-17)47(73-12)43(35(87-57)24-65-4)92-59-54(80-19)49(75-14)45(37(89-59)26-67-6)93-60-53(79-18)48(74-13)44(36(88-60)25-66-5)91-58-51(77-16)46(72-11)39(61)32(85-58)22-63-2/h28-37,39-61H,20-27H2,1-19H3/t29-,30?,31?,32?,33?,34?,35?,36?,37?,39+,40?,41?,42+,43+,44+,45+,46?,47?,48?,49?,50?,51?,52?,53?,54?,55+,56-,57+,58+,59+,60-/m0/s1. The van der Waals surface area contributed by atoms with Gasteiger partial charge in [0.2, 0.25) is 12.6 Å². The van der Waals surface area contributed by atoms with Crippen LogP contribution in [0, 0.1) is 0 Å². The van der Waals surface area contributed by atoms with Crippen molar-refractivity contribution in [2.24, 2.45) is 0 Å². The lowest BCUT2D eigenvalue weighted by Crippen LogP contribution is -2.68. The minimum absolute atomic E-state index is 0.00315. The summed E-state index contributed by atoms with van der Waals surface area (Å²) in [6.45, 7) is 0.570. The maximum absolute atomic E-state index is 11.1. The lowest BCUT2D eigenvalue weighted by atomic mass is 9.95. The Balaban J connectivity index is 1.06. The van der Waals surface area contributed by atoms with Gasteiger partial charge in [-0.15, -0.1) is 0 Å². The van der Waals surface area contributed by atoms with E-state index in [4.69, 9.17) is 152 Å². The van der Waals surface area contributed by atoms with Crippen molar-refractivity contribution in [3.05, 3.63) is 12.0 Å². The summed E-state index contributed by atoms with van der Waals surface area (Å²) in [6.07, 6.45) is -26.0. The van der Waals surface area contributed by atoms with Crippen LogP contribution in [-0.2, 0) is 152 Å². The summed E-state index contributed by atoms with van der Waals surface area (Å²) in [6, 6.07) is 0. The van der Waals surface area contributed by atoms with Crippen molar-refractivity contribution in [2.45, 2.75) is 197 Å². The molecular formula is C60H106O33. The fraction of sp³-hybridized carbons (Fsp3) is 0.967. The highest BCUT2D eigenvalue weighted by molar-refractivity contribution is 5.08. The summed E-state index contributed by atoms with van der Waals surface area (Å²) in [5.41, 5.74) is 0. The predicted molar refractivity (Wildman–Crippen MR) is 314 cm³/mol. The molecule has 33 nitrogen and oxygen atoms in total. The maximum Gasteiger partial charge on any atom is 0.229 e. The van der Waals surface area contributed by atoms with Gasteiger partial charge in [0, 0.05) is 142 Å². The van der Waals surface area contributed by atoms with E-state index in [9.17, 15) is 5.11 Å². The molecule has 0 aromatic heterocycles. The monoisotopic (exact) mass is 1350 g/mol. The first kappa shape index (κ1) is 78.4. The van der Waals surface area contributed by atoms with E-state index >= 15 is 0 Å². The highest BCUT2D eigenvalue weighted by Crippen LogP contribution is 2.41. The van der Waals surface area contributed by atoms with Crippen LogP contribution in [0.2, 0.25) is 0 Å². The van der Waals surface area contributed by atoms with Crippen molar-refractivity contribution >= 4 is 0 Å². The molecule has 7 rings (SSSR count). The molecule has 0 aliphatic carbocycles. The number of ether oxygens (including phenoxy) is 32. The van der Waals surface area contributed by atoms with Crippen LogP contribution in [0.3, 0.4) is 0 Å². The predicted octanol–water partition coefficient (Wildman–Crippen LogP) is -1.03. The first-order valence-corrected chi connectivity index (χ1v) is 30.9. The summed E-state index contributed by atoms with van der Waals surface area (Å²) in [5, 5.41) is 11.1. The smallest absolute Gasteiger partial charge is 0.229 e. The van der Waals surface area contributed by atoms with Crippen molar-refractivity contribution in [3.8, 4) is 0 Å². The summed E-state index contributed by atoms with van der Waals surface area (Å²) < 4.78 is 198. The van der Waals surface area contributed by atoms with Gasteiger partial charge in [-0.3, -0.25) is 0 Å². The largest absolute Gasteiger partial charge is 0.466 e. The molecule has 7 aliphatic heterocycles. The average Bonchev–Trinajstić information content (AvgIpc) is 0.788. The number of aliphatic hydroxyl groups is 1. The van der Waals surface area contributed by atoms with Gasteiger partial charge >= 0.3 is 0 Å². The van der Waals surface area contributed by atoms with Gasteiger partial charge in [0.25, 0.3) is 0 Å². The molecule has 0 spiro atoms. The van der Waals surface area contributed by atoms with Crippen molar-refractivity contribution in [1.82, 2.24) is 0 Å². The Bertz CT molecular complexity index is 2090. The van der Waals surface area contributed by atoms with Gasteiger partial charge in [-0.05, 0) is 0 Å². The van der Waals surface area contributed by atoms with Crippen LogP contribution in [0.4, 0.5) is 0 Å². The van der Waals surface area contributed by atoms with Gasteiger partial charge in [0.1, 0.15) is 147 Å². The molecule has 7 aliphatic rings. The van der Waals surface area contributed by atoms with Gasteiger partial charge in [0.05, 0.1) is 52.4 Å². The summed E-state index contributed by atoms with van der Waals surface area (Å²) >= 11 is 0. The zero-order valence-corrected chi connectivity index (χ0v) is 57.1. The molecule has 0 amide bonds. The fourth-order valence-corrected chi connectivity index (χ4v) is 13.3. The molecule has 19 unspecified atom stereocenters.